The Kier molecular flexibility index (Phi) is 4.22. The molecule has 1 amide bonds. The molecule has 3 heteroatoms. The maximum Gasteiger partial charge on any atom is 0.235 e. The normalized spacial score (nSPS) is 25.3. The Hall–Kier alpha value is -1.64. The van der Waals surface area contributed by atoms with E-state index in [9.17, 15) is 9.59 Å². The first-order chi connectivity index (χ1) is 9.84. The predicted octanol–water partition coefficient (Wildman–Crippen LogP) is 3.21. The van der Waals surface area contributed by atoms with Crippen molar-refractivity contribution in [2.75, 3.05) is 0 Å². The van der Waals surface area contributed by atoms with Crippen molar-refractivity contribution in [2.24, 2.45) is 0 Å². The summed E-state index contributed by atoms with van der Waals surface area (Å²) in [6.45, 7) is 10.0. The zero-order chi connectivity index (χ0) is 15.8. The molecule has 0 bridgehead atoms. The molecule has 1 aliphatic rings. The largest absolute Gasteiger partial charge is 0.343 e. The van der Waals surface area contributed by atoms with Crippen molar-refractivity contribution < 1.29 is 9.59 Å². The van der Waals surface area contributed by atoms with E-state index in [0.717, 1.165) is 29.5 Å². The van der Waals surface area contributed by atoms with E-state index in [4.69, 9.17) is 0 Å². The number of amides is 1. The Balaban J connectivity index is 2.53. The maximum absolute atomic E-state index is 12.9. The van der Waals surface area contributed by atoms with Gasteiger partial charge in [-0.3, -0.25) is 9.59 Å². The molecular formula is C18H25NO2. The molecule has 1 aromatic carbocycles. The minimum atomic E-state index is -0.709. The molecule has 0 spiro atoms. The van der Waals surface area contributed by atoms with Gasteiger partial charge in [0.05, 0.1) is 5.54 Å². The fraction of sp³-hybridized carbons (Fsp3) is 0.556. The second-order valence-corrected chi connectivity index (χ2v) is 6.38. The number of carbonyl (C=O) groups excluding carboxylic acids is 2. The first kappa shape index (κ1) is 15.7. The second kappa shape index (κ2) is 5.63. The first-order valence-electron chi connectivity index (χ1n) is 7.80. The quantitative estimate of drug-likeness (QED) is 0.864. The lowest BCUT2D eigenvalue weighted by Gasteiger charge is -2.22. The van der Waals surface area contributed by atoms with Crippen molar-refractivity contribution in [2.45, 2.75) is 65.3 Å². The monoisotopic (exact) mass is 287 g/mol. The van der Waals surface area contributed by atoms with Crippen LogP contribution in [0.15, 0.2) is 12.1 Å². The highest BCUT2D eigenvalue weighted by atomic mass is 16.2. The number of hydrogen-bond donors (Lipinski definition) is 1. The van der Waals surface area contributed by atoms with Gasteiger partial charge in [-0.25, -0.2) is 0 Å². The smallest absolute Gasteiger partial charge is 0.235 e. The van der Waals surface area contributed by atoms with E-state index >= 15 is 0 Å². The van der Waals surface area contributed by atoms with E-state index < -0.39 is 11.5 Å². The van der Waals surface area contributed by atoms with Gasteiger partial charge in [0.1, 0.15) is 5.92 Å². The van der Waals surface area contributed by atoms with E-state index in [0.29, 0.717) is 6.42 Å². The number of Topliss-reactive ketones (excluding diaryl/α,β-unsaturated/α-hetero) is 1. The Morgan fingerprint density at radius 3 is 2.43 bits per heavy atom. The zero-order valence-corrected chi connectivity index (χ0v) is 13.7. The molecule has 21 heavy (non-hydrogen) atoms. The summed E-state index contributed by atoms with van der Waals surface area (Å²) in [4.78, 5) is 25.3. The highest BCUT2D eigenvalue weighted by molar-refractivity contribution is 6.17. The highest BCUT2D eigenvalue weighted by Gasteiger charge is 2.50. The second-order valence-electron chi connectivity index (χ2n) is 6.38. The molecule has 3 nitrogen and oxygen atoms in total. The van der Waals surface area contributed by atoms with Gasteiger partial charge in [-0.15, -0.1) is 0 Å². The predicted molar refractivity (Wildman–Crippen MR) is 84.5 cm³/mol. The van der Waals surface area contributed by atoms with Crippen molar-refractivity contribution in [3.63, 3.8) is 0 Å². The number of nitrogens with one attached hydrogen (secondary N) is 1. The summed E-state index contributed by atoms with van der Waals surface area (Å²) in [6, 6.07) is 4.16. The molecule has 0 saturated carbocycles. The molecule has 1 aromatic rings. The Morgan fingerprint density at radius 1 is 1.19 bits per heavy atom. The van der Waals surface area contributed by atoms with Gasteiger partial charge in [-0.1, -0.05) is 38.0 Å². The van der Waals surface area contributed by atoms with Crippen molar-refractivity contribution >= 4 is 11.7 Å². The van der Waals surface area contributed by atoms with Gasteiger partial charge < -0.3 is 5.32 Å². The molecule has 0 radical (unpaired) electrons. The molecule has 1 saturated heterocycles. The summed E-state index contributed by atoms with van der Waals surface area (Å²) in [5.74, 6) is -0.759. The molecule has 1 heterocycles. The SMILES string of the molecule is CCCC1(C)NC(=O)C(c2c(C)cc(C)cc2CC)C1=O. The number of rotatable bonds is 4. The summed E-state index contributed by atoms with van der Waals surface area (Å²) in [6.07, 6.45) is 2.41. The van der Waals surface area contributed by atoms with Crippen molar-refractivity contribution in [1.82, 2.24) is 5.32 Å². The third-order valence-corrected chi connectivity index (χ3v) is 4.50. The maximum atomic E-state index is 12.9. The fourth-order valence-corrected chi connectivity index (χ4v) is 3.56. The van der Waals surface area contributed by atoms with Crippen molar-refractivity contribution in [1.29, 1.82) is 0 Å². The van der Waals surface area contributed by atoms with Crippen LogP contribution in [0.5, 0.6) is 0 Å². The molecule has 114 valence electrons. The summed E-state index contributed by atoms with van der Waals surface area (Å²) in [7, 11) is 0. The van der Waals surface area contributed by atoms with Gasteiger partial charge in [0.2, 0.25) is 5.91 Å². The van der Waals surface area contributed by atoms with Crippen LogP contribution in [0.1, 0.15) is 61.8 Å². The Morgan fingerprint density at radius 2 is 1.86 bits per heavy atom. The van der Waals surface area contributed by atoms with Crippen molar-refractivity contribution in [3.8, 4) is 0 Å². The first-order valence-corrected chi connectivity index (χ1v) is 7.80. The number of benzene rings is 1. The summed E-state index contributed by atoms with van der Waals surface area (Å²) >= 11 is 0. The highest BCUT2D eigenvalue weighted by Crippen LogP contribution is 2.36. The van der Waals surface area contributed by atoms with Gasteiger partial charge in [0.25, 0.3) is 0 Å². The zero-order valence-electron chi connectivity index (χ0n) is 13.7. The van der Waals surface area contributed by atoms with Crippen LogP contribution in [-0.2, 0) is 16.0 Å². The molecule has 2 rings (SSSR count). The number of carbonyl (C=O) groups is 2. The van der Waals surface area contributed by atoms with E-state index in [1.165, 1.54) is 5.56 Å². The van der Waals surface area contributed by atoms with Gasteiger partial charge in [0, 0.05) is 0 Å². The molecule has 1 N–H and O–H groups in total. The lowest BCUT2D eigenvalue weighted by molar-refractivity contribution is -0.125. The van der Waals surface area contributed by atoms with Crippen LogP contribution in [0.4, 0.5) is 0 Å². The third-order valence-electron chi connectivity index (χ3n) is 4.50. The average Bonchev–Trinajstić information content (AvgIpc) is 2.61. The van der Waals surface area contributed by atoms with Crippen LogP contribution in [0.25, 0.3) is 0 Å². The summed E-state index contributed by atoms with van der Waals surface area (Å²) in [5, 5.41) is 2.93. The van der Waals surface area contributed by atoms with Crippen LogP contribution >= 0.6 is 0 Å². The lowest BCUT2D eigenvalue weighted by Crippen LogP contribution is -2.43. The molecule has 2 unspecified atom stereocenters. The van der Waals surface area contributed by atoms with Gasteiger partial charge >= 0.3 is 0 Å². The van der Waals surface area contributed by atoms with Gasteiger partial charge in [0.15, 0.2) is 5.78 Å². The number of ketones is 1. The summed E-state index contributed by atoms with van der Waals surface area (Å²) in [5.41, 5.74) is 3.54. The van der Waals surface area contributed by atoms with E-state index in [-0.39, 0.29) is 11.7 Å². The summed E-state index contributed by atoms with van der Waals surface area (Å²) < 4.78 is 0. The molecular weight excluding hydrogens is 262 g/mol. The third kappa shape index (κ3) is 2.61. The minimum Gasteiger partial charge on any atom is -0.343 e. The number of hydrogen-bond acceptors (Lipinski definition) is 2. The number of aryl methyl sites for hydroxylation is 3. The molecule has 0 aliphatic carbocycles. The fourth-order valence-electron chi connectivity index (χ4n) is 3.56. The van der Waals surface area contributed by atoms with Crippen LogP contribution in [0.3, 0.4) is 0 Å². The van der Waals surface area contributed by atoms with E-state index in [1.807, 2.05) is 27.7 Å². The minimum absolute atomic E-state index is 0.0241. The topological polar surface area (TPSA) is 46.2 Å². The molecule has 1 aliphatic heterocycles. The molecule has 0 aromatic heterocycles. The van der Waals surface area contributed by atoms with Crippen LogP contribution < -0.4 is 5.32 Å². The lowest BCUT2D eigenvalue weighted by atomic mass is 9.81. The van der Waals surface area contributed by atoms with Gasteiger partial charge in [-0.05, 0) is 50.3 Å². The average molecular weight is 287 g/mol. The van der Waals surface area contributed by atoms with E-state index in [2.05, 4.69) is 24.4 Å². The Labute approximate surface area is 127 Å². The van der Waals surface area contributed by atoms with Crippen LogP contribution in [0.2, 0.25) is 0 Å². The standard InChI is InChI=1S/C18H25NO2/c1-6-8-18(5)16(20)15(17(21)19-18)14-12(4)9-11(3)10-13(14)7-2/h9-10,15H,6-8H2,1-5H3,(H,19,21). The van der Waals surface area contributed by atoms with Crippen molar-refractivity contribution in [3.05, 3.63) is 34.4 Å². The Bertz CT molecular complexity index is 591. The molecule has 2 atom stereocenters. The van der Waals surface area contributed by atoms with Crippen LogP contribution in [0, 0.1) is 13.8 Å². The van der Waals surface area contributed by atoms with Crippen LogP contribution in [-0.4, -0.2) is 17.2 Å². The molecule has 1 fully saturated rings. The van der Waals surface area contributed by atoms with Gasteiger partial charge in [-0.2, -0.15) is 0 Å². The van der Waals surface area contributed by atoms with E-state index in [1.54, 1.807) is 0 Å².